The second kappa shape index (κ2) is 8.12. The minimum Gasteiger partial charge on any atom is -0.444 e. The molecule has 0 aliphatic carbocycles. The normalized spacial score (nSPS) is 14.2. The Kier molecular flexibility index (Phi) is 6.27. The summed E-state index contributed by atoms with van der Waals surface area (Å²) in [5, 5.41) is 0.956. The first kappa shape index (κ1) is 21.6. The number of aromatic nitrogens is 1. The molecule has 7 nitrogen and oxygen atoms in total. The summed E-state index contributed by atoms with van der Waals surface area (Å²) in [6, 6.07) is 5.86. The van der Waals surface area contributed by atoms with Crippen molar-refractivity contribution in [2.45, 2.75) is 53.2 Å². The number of likely N-dealkylation sites (tertiary alicyclic amines) is 1. The van der Waals surface area contributed by atoms with Crippen molar-refractivity contribution in [2.75, 3.05) is 25.0 Å². The highest BCUT2D eigenvalue weighted by molar-refractivity contribution is 6.08. The number of carbonyl (C=O) groups is 2. The lowest BCUT2D eigenvalue weighted by atomic mass is 10.0. The van der Waals surface area contributed by atoms with E-state index < -0.39 is 11.5 Å². The zero-order valence-corrected chi connectivity index (χ0v) is 17.9. The average Bonchev–Trinajstić information content (AvgIpc) is 2.93. The summed E-state index contributed by atoms with van der Waals surface area (Å²) in [6.45, 7) is 12.7. The molecule has 0 saturated carbocycles. The van der Waals surface area contributed by atoms with Gasteiger partial charge in [0.1, 0.15) is 5.60 Å². The predicted molar refractivity (Wildman–Crippen MR) is 113 cm³/mol. The number of carbonyl (C=O) groups excluding carboxylic acids is 2. The number of ether oxygens (including phenoxy) is 1. The fourth-order valence-electron chi connectivity index (χ4n) is 3.22. The van der Waals surface area contributed by atoms with Crippen LogP contribution in [0.3, 0.4) is 0 Å². The Hall–Kier alpha value is -2.70. The van der Waals surface area contributed by atoms with Crippen molar-refractivity contribution in [1.82, 2.24) is 9.88 Å². The Balaban J connectivity index is 0.00000136. The number of hydrogen-bond acceptors (Lipinski definition) is 4. The number of nitrogens with one attached hydrogen (secondary N) is 1. The van der Waals surface area contributed by atoms with E-state index in [4.69, 9.17) is 10.5 Å². The SMILES string of the molecule is CC.Cc1cc2c(N(C)C3CN(C(=O)OC(C)(C)C)C3)ccc(C(N)=O)c2[nH]1. The van der Waals surface area contributed by atoms with Gasteiger partial charge in [0.2, 0.25) is 0 Å². The maximum Gasteiger partial charge on any atom is 0.410 e. The first-order valence-electron chi connectivity index (χ1n) is 9.69. The van der Waals surface area contributed by atoms with E-state index in [-0.39, 0.29) is 12.1 Å². The molecule has 3 rings (SSSR count). The van der Waals surface area contributed by atoms with Gasteiger partial charge in [-0.3, -0.25) is 4.79 Å². The largest absolute Gasteiger partial charge is 0.444 e. The van der Waals surface area contributed by atoms with E-state index in [2.05, 4.69) is 9.88 Å². The minimum absolute atomic E-state index is 0.195. The highest BCUT2D eigenvalue weighted by Gasteiger charge is 2.36. The fourth-order valence-corrected chi connectivity index (χ4v) is 3.22. The first-order chi connectivity index (χ1) is 13.1. The van der Waals surface area contributed by atoms with Gasteiger partial charge in [-0.05, 0) is 45.9 Å². The van der Waals surface area contributed by atoms with Gasteiger partial charge in [0.05, 0.1) is 17.1 Å². The molecule has 0 bridgehead atoms. The summed E-state index contributed by atoms with van der Waals surface area (Å²) in [6.07, 6.45) is -0.283. The zero-order valence-electron chi connectivity index (χ0n) is 17.9. The highest BCUT2D eigenvalue weighted by Crippen LogP contribution is 2.32. The average molecular weight is 389 g/mol. The number of aromatic amines is 1. The van der Waals surface area contributed by atoms with Gasteiger partial charge in [0.15, 0.2) is 0 Å². The Labute approximate surface area is 166 Å². The molecule has 0 atom stereocenters. The summed E-state index contributed by atoms with van der Waals surface area (Å²) in [4.78, 5) is 30.8. The Morgan fingerprint density at radius 2 is 1.86 bits per heavy atom. The molecular weight excluding hydrogens is 356 g/mol. The Morgan fingerprint density at radius 3 is 2.39 bits per heavy atom. The van der Waals surface area contributed by atoms with Crippen LogP contribution >= 0.6 is 0 Å². The van der Waals surface area contributed by atoms with Crippen LogP contribution in [0.25, 0.3) is 10.9 Å². The molecule has 0 radical (unpaired) electrons. The molecule has 28 heavy (non-hydrogen) atoms. The number of fused-ring (bicyclic) bond motifs is 1. The van der Waals surface area contributed by atoms with Gasteiger partial charge in [-0.2, -0.15) is 0 Å². The molecule has 1 saturated heterocycles. The molecule has 1 aliphatic rings. The molecule has 1 aliphatic heterocycles. The molecule has 1 fully saturated rings. The summed E-state index contributed by atoms with van der Waals surface area (Å²) in [5.41, 5.74) is 8.19. The van der Waals surface area contributed by atoms with Crippen LogP contribution in [-0.2, 0) is 4.74 Å². The van der Waals surface area contributed by atoms with Crippen molar-refractivity contribution in [2.24, 2.45) is 5.73 Å². The summed E-state index contributed by atoms with van der Waals surface area (Å²) < 4.78 is 5.40. The summed E-state index contributed by atoms with van der Waals surface area (Å²) in [7, 11) is 2.00. The molecule has 2 amide bonds. The molecule has 1 aromatic carbocycles. The highest BCUT2D eigenvalue weighted by atomic mass is 16.6. The van der Waals surface area contributed by atoms with Crippen LogP contribution in [0.15, 0.2) is 18.2 Å². The summed E-state index contributed by atoms with van der Waals surface area (Å²) >= 11 is 0. The van der Waals surface area contributed by atoms with Crippen molar-refractivity contribution in [3.63, 3.8) is 0 Å². The number of anilines is 1. The number of aryl methyl sites for hydroxylation is 1. The maximum atomic E-state index is 12.1. The standard InChI is InChI=1S/C19H26N4O3.C2H6/c1-11-8-14-15(7-6-13(17(20)24)16(14)21-11)22(5)12-9-23(10-12)18(25)26-19(2,3)4;1-2/h6-8,12,21H,9-10H2,1-5H3,(H2,20,24);1-2H3. The van der Waals surface area contributed by atoms with Gasteiger partial charge in [0.25, 0.3) is 5.91 Å². The van der Waals surface area contributed by atoms with E-state index in [9.17, 15) is 9.59 Å². The van der Waals surface area contributed by atoms with E-state index in [1.807, 2.05) is 60.7 Å². The molecule has 3 N–H and O–H groups in total. The van der Waals surface area contributed by atoms with Crippen LogP contribution in [0.2, 0.25) is 0 Å². The Bertz CT molecular complexity index is 860. The van der Waals surface area contributed by atoms with Crippen LogP contribution in [0.5, 0.6) is 0 Å². The van der Waals surface area contributed by atoms with Gasteiger partial charge >= 0.3 is 6.09 Å². The topological polar surface area (TPSA) is 91.7 Å². The van der Waals surface area contributed by atoms with Crippen LogP contribution in [-0.4, -0.2) is 53.7 Å². The Morgan fingerprint density at radius 1 is 1.25 bits per heavy atom. The van der Waals surface area contributed by atoms with Gasteiger partial charge in [-0.25, -0.2) is 4.79 Å². The van der Waals surface area contributed by atoms with E-state index in [1.165, 1.54) is 0 Å². The van der Waals surface area contributed by atoms with Crippen LogP contribution < -0.4 is 10.6 Å². The third-order valence-corrected chi connectivity index (χ3v) is 4.61. The molecule has 1 aromatic heterocycles. The number of H-pyrrole nitrogens is 1. The lowest BCUT2D eigenvalue weighted by Gasteiger charge is -2.45. The number of nitrogens with two attached hydrogens (primary N) is 1. The monoisotopic (exact) mass is 388 g/mol. The van der Waals surface area contributed by atoms with E-state index in [0.717, 1.165) is 22.3 Å². The van der Waals surface area contributed by atoms with Gasteiger partial charge in [-0.15, -0.1) is 0 Å². The van der Waals surface area contributed by atoms with Gasteiger partial charge in [0, 0.05) is 36.9 Å². The quantitative estimate of drug-likeness (QED) is 0.839. The second-order valence-corrected chi connectivity index (χ2v) is 7.89. The first-order valence-corrected chi connectivity index (χ1v) is 9.69. The predicted octanol–water partition coefficient (Wildman–Crippen LogP) is 3.66. The van der Waals surface area contributed by atoms with Gasteiger partial charge in [-0.1, -0.05) is 13.8 Å². The molecule has 154 valence electrons. The lowest BCUT2D eigenvalue weighted by Crippen LogP contribution is -2.61. The fraction of sp³-hybridized carbons (Fsp3) is 0.524. The van der Waals surface area contributed by atoms with Crippen molar-refractivity contribution in [3.05, 3.63) is 29.5 Å². The molecule has 0 unspecified atom stereocenters. The van der Waals surface area contributed by atoms with E-state index in [0.29, 0.717) is 18.7 Å². The van der Waals surface area contributed by atoms with Crippen molar-refractivity contribution >= 4 is 28.6 Å². The molecule has 2 aromatic rings. The third kappa shape index (κ3) is 4.40. The minimum atomic E-state index is -0.493. The third-order valence-electron chi connectivity index (χ3n) is 4.61. The van der Waals surface area contributed by atoms with E-state index in [1.54, 1.807) is 11.0 Å². The molecule has 2 heterocycles. The molecular formula is C21H32N4O3. The van der Waals surface area contributed by atoms with E-state index >= 15 is 0 Å². The maximum absolute atomic E-state index is 12.1. The summed E-state index contributed by atoms with van der Waals surface area (Å²) in [5.74, 6) is -0.453. The lowest BCUT2D eigenvalue weighted by molar-refractivity contribution is 0.00853. The number of amides is 2. The van der Waals surface area contributed by atoms with Crippen molar-refractivity contribution < 1.29 is 14.3 Å². The number of hydrogen-bond donors (Lipinski definition) is 2. The molecule has 0 spiro atoms. The number of rotatable bonds is 3. The number of primary amides is 1. The smallest absolute Gasteiger partial charge is 0.410 e. The van der Waals surface area contributed by atoms with Gasteiger partial charge < -0.3 is 25.3 Å². The molecule has 7 heteroatoms. The number of likely N-dealkylation sites (N-methyl/N-ethyl adjacent to an activating group) is 1. The van der Waals surface area contributed by atoms with Crippen molar-refractivity contribution in [1.29, 1.82) is 0 Å². The van der Waals surface area contributed by atoms with Crippen LogP contribution in [0, 0.1) is 6.92 Å². The van der Waals surface area contributed by atoms with Crippen LogP contribution in [0.1, 0.15) is 50.7 Å². The second-order valence-electron chi connectivity index (χ2n) is 7.89. The number of benzene rings is 1. The number of nitrogens with zero attached hydrogens (tertiary/aromatic N) is 2. The zero-order chi connectivity index (χ0) is 21.2. The van der Waals surface area contributed by atoms with Crippen LogP contribution in [0.4, 0.5) is 10.5 Å². The van der Waals surface area contributed by atoms with Crippen molar-refractivity contribution in [3.8, 4) is 0 Å².